The molecule has 7 heteroatoms. The second kappa shape index (κ2) is 10.2. The number of amides is 1. The van der Waals surface area contributed by atoms with E-state index in [9.17, 15) is 14.7 Å². The van der Waals surface area contributed by atoms with Gasteiger partial charge in [-0.05, 0) is 62.4 Å². The molecule has 180 valence electrons. The molecular weight excluding hydrogens is 446 g/mol. The standard InChI is InChI=1S/C27H33N3O3S/c1-27(2,26(32)33)14-5-8-25(31)29-15-13-22-21-6-3-4-7-23(21)30(24(22)17-29)16-19-9-11-20(12-10-19)34-18-28/h3-4,6-7,9-12H,5,8,13-18,28H2,1-2H3,(H,32,33). The monoisotopic (exact) mass is 479 g/mol. The van der Waals surface area contributed by atoms with Crippen LogP contribution in [0.1, 0.15) is 49.9 Å². The van der Waals surface area contributed by atoms with Gasteiger partial charge < -0.3 is 20.3 Å². The van der Waals surface area contributed by atoms with Crippen molar-refractivity contribution in [3.8, 4) is 0 Å². The second-order valence-corrected chi connectivity index (χ2v) is 10.7. The minimum atomic E-state index is -0.818. The highest BCUT2D eigenvalue weighted by molar-refractivity contribution is 7.99. The fraction of sp³-hybridized carbons (Fsp3) is 0.407. The Hall–Kier alpha value is -2.77. The van der Waals surface area contributed by atoms with Crippen LogP contribution in [0.25, 0.3) is 10.9 Å². The highest BCUT2D eigenvalue weighted by Crippen LogP contribution is 2.32. The van der Waals surface area contributed by atoms with Crippen LogP contribution in [0.15, 0.2) is 53.4 Å². The molecule has 1 aliphatic rings. The summed E-state index contributed by atoms with van der Waals surface area (Å²) in [7, 11) is 0. The third-order valence-corrected chi connectivity index (χ3v) is 7.58. The predicted octanol–water partition coefficient (Wildman–Crippen LogP) is 4.86. The van der Waals surface area contributed by atoms with Crippen molar-refractivity contribution in [2.24, 2.45) is 11.1 Å². The Morgan fingerprint density at radius 2 is 1.85 bits per heavy atom. The van der Waals surface area contributed by atoms with Crippen molar-refractivity contribution in [1.82, 2.24) is 9.47 Å². The number of aliphatic carboxylic acids is 1. The van der Waals surface area contributed by atoms with Gasteiger partial charge in [0.15, 0.2) is 0 Å². The number of benzene rings is 2. The van der Waals surface area contributed by atoms with Gasteiger partial charge in [0, 0.05) is 46.9 Å². The molecule has 3 N–H and O–H groups in total. The maximum absolute atomic E-state index is 13.0. The fourth-order valence-corrected chi connectivity index (χ4v) is 5.23. The summed E-state index contributed by atoms with van der Waals surface area (Å²) in [5, 5.41) is 10.6. The van der Waals surface area contributed by atoms with Crippen molar-refractivity contribution in [2.75, 3.05) is 12.4 Å². The highest BCUT2D eigenvalue weighted by Gasteiger charge is 2.29. The van der Waals surface area contributed by atoms with Crippen LogP contribution in [-0.2, 0) is 29.1 Å². The minimum Gasteiger partial charge on any atom is -0.481 e. The SMILES string of the molecule is CC(C)(CCCC(=O)N1CCc2c(n(Cc3ccc(SCN)cc3)c3ccccc23)C1)C(=O)O. The van der Waals surface area contributed by atoms with Crippen molar-refractivity contribution in [3.63, 3.8) is 0 Å². The molecule has 0 saturated carbocycles. The Labute approximate surface area is 205 Å². The molecular formula is C27H33N3O3S. The number of carbonyl (C=O) groups excluding carboxylic acids is 1. The predicted molar refractivity (Wildman–Crippen MR) is 137 cm³/mol. The lowest BCUT2D eigenvalue weighted by molar-refractivity contribution is -0.147. The second-order valence-electron chi connectivity index (χ2n) is 9.59. The van der Waals surface area contributed by atoms with E-state index in [4.69, 9.17) is 5.73 Å². The van der Waals surface area contributed by atoms with Crippen molar-refractivity contribution in [1.29, 1.82) is 0 Å². The van der Waals surface area contributed by atoms with Gasteiger partial charge in [-0.15, -0.1) is 11.8 Å². The van der Waals surface area contributed by atoms with Crippen LogP contribution in [0, 0.1) is 5.41 Å². The van der Waals surface area contributed by atoms with Gasteiger partial charge >= 0.3 is 5.97 Å². The van der Waals surface area contributed by atoms with Crippen molar-refractivity contribution < 1.29 is 14.7 Å². The van der Waals surface area contributed by atoms with Crippen molar-refractivity contribution >= 4 is 34.5 Å². The van der Waals surface area contributed by atoms with E-state index in [1.807, 2.05) is 4.90 Å². The van der Waals surface area contributed by atoms with E-state index in [-0.39, 0.29) is 5.91 Å². The Balaban J connectivity index is 1.53. The maximum Gasteiger partial charge on any atom is 0.309 e. The number of hydrogen-bond acceptors (Lipinski definition) is 4. The number of fused-ring (bicyclic) bond motifs is 3. The molecule has 0 radical (unpaired) electrons. The van der Waals surface area contributed by atoms with Gasteiger partial charge in [-0.2, -0.15) is 0 Å². The number of rotatable bonds is 9. The number of nitrogens with zero attached hydrogens (tertiary/aromatic N) is 2. The molecule has 0 aliphatic carbocycles. The molecule has 2 heterocycles. The van der Waals surface area contributed by atoms with Crippen LogP contribution in [0.2, 0.25) is 0 Å². The van der Waals surface area contributed by atoms with E-state index in [2.05, 4.69) is 53.1 Å². The van der Waals surface area contributed by atoms with Gasteiger partial charge in [0.25, 0.3) is 0 Å². The largest absolute Gasteiger partial charge is 0.481 e. The quantitative estimate of drug-likeness (QED) is 0.338. The number of carboxylic acid groups (broad SMARTS) is 1. The molecule has 0 unspecified atom stereocenters. The zero-order valence-corrected chi connectivity index (χ0v) is 20.7. The molecule has 4 rings (SSSR count). The van der Waals surface area contributed by atoms with E-state index < -0.39 is 11.4 Å². The summed E-state index contributed by atoms with van der Waals surface area (Å²) >= 11 is 1.62. The number of thioether (sulfide) groups is 1. The maximum atomic E-state index is 13.0. The highest BCUT2D eigenvalue weighted by atomic mass is 32.2. The number of hydrogen-bond donors (Lipinski definition) is 2. The number of para-hydroxylation sites is 1. The van der Waals surface area contributed by atoms with E-state index in [0.29, 0.717) is 38.2 Å². The summed E-state index contributed by atoms with van der Waals surface area (Å²) in [6, 6.07) is 17.0. The summed E-state index contributed by atoms with van der Waals surface area (Å²) in [6.07, 6.45) is 2.29. The van der Waals surface area contributed by atoms with Crippen molar-refractivity contribution in [3.05, 3.63) is 65.4 Å². The van der Waals surface area contributed by atoms with E-state index in [0.717, 1.165) is 17.9 Å². The molecule has 1 aromatic heterocycles. The molecule has 0 fully saturated rings. The van der Waals surface area contributed by atoms with Gasteiger partial charge in [0.05, 0.1) is 12.0 Å². The van der Waals surface area contributed by atoms with Gasteiger partial charge in [-0.25, -0.2) is 0 Å². The molecule has 0 spiro atoms. The Kier molecular flexibility index (Phi) is 7.33. The van der Waals surface area contributed by atoms with Crippen LogP contribution in [-0.4, -0.2) is 38.9 Å². The average Bonchev–Trinajstić information content (AvgIpc) is 3.13. The molecule has 2 aromatic carbocycles. The lowest BCUT2D eigenvalue weighted by Gasteiger charge is -2.29. The van der Waals surface area contributed by atoms with E-state index >= 15 is 0 Å². The third-order valence-electron chi connectivity index (χ3n) is 6.80. The molecule has 6 nitrogen and oxygen atoms in total. The normalized spacial score (nSPS) is 13.8. The van der Waals surface area contributed by atoms with Crippen LogP contribution >= 0.6 is 11.8 Å². The zero-order valence-electron chi connectivity index (χ0n) is 19.9. The van der Waals surface area contributed by atoms with Gasteiger partial charge in [0.1, 0.15) is 0 Å². The first kappa shape index (κ1) is 24.4. The van der Waals surface area contributed by atoms with Gasteiger partial charge in [0.2, 0.25) is 5.91 Å². The van der Waals surface area contributed by atoms with Crippen LogP contribution in [0.4, 0.5) is 0 Å². The molecule has 0 bridgehead atoms. The number of nitrogens with two attached hydrogens (primary N) is 1. The topological polar surface area (TPSA) is 88.6 Å². The summed E-state index contributed by atoms with van der Waals surface area (Å²) in [4.78, 5) is 27.5. The van der Waals surface area contributed by atoms with Crippen LogP contribution in [0.5, 0.6) is 0 Å². The fourth-order valence-electron chi connectivity index (χ4n) is 4.70. The first-order valence-corrected chi connectivity index (χ1v) is 12.8. The Morgan fingerprint density at radius 1 is 1.12 bits per heavy atom. The molecule has 0 atom stereocenters. The first-order chi connectivity index (χ1) is 16.3. The number of carboxylic acids is 1. The Bertz CT molecular complexity index is 1180. The van der Waals surface area contributed by atoms with Gasteiger partial charge in [-0.1, -0.05) is 30.3 Å². The van der Waals surface area contributed by atoms with E-state index in [1.165, 1.54) is 27.7 Å². The third kappa shape index (κ3) is 5.15. The zero-order chi connectivity index (χ0) is 24.3. The first-order valence-electron chi connectivity index (χ1n) is 11.8. The summed E-state index contributed by atoms with van der Waals surface area (Å²) < 4.78 is 2.35. The average molecular weight is 480 g/mol. The van der Waals surface area contributed by atoms with Crippen LogP contribution in [0.3, 0.4) is 0 Å². The Morgan fingerprint density at radius 3 is 2.56 bits per heavy atom. The molecule has 34 heavy (non-hydrogen) atoms. The molecule has 1 amide bonds. The van der Waals surface area contributed by atoms with Gasteiger partial charge in [-0.3, -0.25) is 9.59 Å². The lowest BCUT2D eigenvalue weighted by Crippen LogP contribution is -2.36. The minimum absolute atomic E-state index is 0.104. The lowest BCUT2D eigenvalue weighted by atomic mass is 9.87. The smallest absolute Gasteiger partial charge is 0.309 e. The molecule has 3 aromatic rings. The van der Waals surface area contributed by atoms with E-state index in [1.54, 1.807) is 25.6 Å². The summed E-state index contributed by atoms with van der Waals surface area (Å²) in [5.74, 6) is -0.152. The molecule has 0 saturated heterocycles. The molecule has 1 aliphatic heterocycles. The summed E-state index contributed by atoms with van der Waals surface area (Å²) in [5.41, 5.74) is 9.79. The number of aromatic nitrogens is 1. The van der Waals surface area contributed by atoms with Crippen molar-refractivity contribution in [2.45, 2.75) is 57.5 Å². The summed E-state index contributed by atoms with van der Waals surface area (Å²) in [6.45, 7) is 5.47. The van der Waals surface area contributed by atoms with Crippen LogP contribution < -0.4 is 5.73 Å². The number of carbonyl (C=O) groups is 2.